The van der Waals surface area contributed by atoms with E-state index >= 15 is 0 Å². The number of hydrogen-bond donors (Lipinski definition) is 2. The van der Waals surface area contributed by atoms with Crippen molar-refractivity contribution in [1.29, 1.82) is 0 Å². The summed E-state index contributed by atoms with van der Waals surface area (Å²) >= 11 is 0. The van der Waals surface area contributed by atoms with Crippen LogP contribution in [0.4, 0.5) is 5.69 Å². The van der Waals surface area contributed by atoms with Gasteiger partial charge in [0.05, 0.1) is 0 Å². The SMILES string of the molecule is CC(C)(C)c1ccccc1C(=O)Nc1ccc(CCC(=O)O)cc1. The highest BCUT2D eigenvalue weighted by molar-refractivity contribution is 6.05. The van der Waals surface area contributed by atoms with Crippen LogP contribution in [0.5, 0.6) is 0 Å². The highest BCUT2D eigenvalue weighted by Gasteiger charge is 2.21. The zero-order valence-corrected chi connectivity index (χ0v) is 14.3. The summed E-state index contributed by atoms with van der Waals surface area (Å²) in [5, 5.41) is 11.6. The standard InChI is InChI=1S/C20H23NO3/c1-20(2,3)17-7-5-4-6-16(17)19(24)21-15-11-8-14(9-12-15)10-13-18(22)23/h4-9,11-12H,10,13H2,1-3H3,(H,21,24)(H,22,23). The van der Waals surface area contributed by atoms with Crippen molar-refractivity contribution in [2.24, 2.45) is 0 Å². The summed E-state index contributed by atoms with van der Waals surface area (Å²) in [6, 6.07) is 14.9. The number of hydrogen-bond acceptors (Lipinski definition) is 2. The van der Waals surface area contributed by atoms with Gasteiger partial charge in [-0.05, 0) is 41.2 Å². The van der Waals surface area contributed by atoms with Crippen LogP contribution in [0.3, 0.4) is 0 Å². The van der Waals surface area contributed by atoms with Crippen LogP contribution in [0, 0.1) is 0 Å². The Bertz CT molecular complexity index is 727. The molecule has 2 N–H and O–H groups in total. The summed E-state index contributed by atoms with van der Waals surface area (Å²) in [6.07, 6.45) is 0.584. The lowest BCUT2D eigenvalue weighted by molar-refractivity contribution is -0.136. The quantitative estimate of drug-likeness (QED) is 0.863. The predicted octanol–water partition coefficient (Wildman–Crippen LogP) is 4.25. The van der Waals surface area contributed by atoms with Crippen LogP contribution in [0.25, 0.3) is 0 Å². The number of carboxylic acid groups (broad SMARTS) is 1. The van der Waals surface area contributed by atoms with Crippen LogP contribution in [0.15, 0.2) is 48.5 Å². The minimum atomic E-state index is -0.814. The molecule has 1 amide bonds. The molecule has 0 aromatic heterocycles. The average Bonchev–Trinajstić information content (AvgIpc) is 2.53. The largest absolute Gasteiger partial charge is 0.481 e. The fourth-order valence-electron chi connectivity index (χ4n) is 2.54. The molecule has 0 fully saturated rings. The highest BCUT2D eigenvalue weighted by Crippen LogP contribution is 2.26. The number of amides is 1. The number of anilines is 1. The first kappa shape index (κ1) is 17.7. The van der Waals surface area contributed by atoms with E-state index in [0.717, 1.165) is 11.1 Å². The summed E-state index contributed by atoms with van der Waals surface area (Å²) in [7, 11) is 0. The molecule has 2 aromatic carbocycles. The van der Waals surface area contributed by atoms with Gasteiger partial charge in [0.1, 0.15) is 0 Å². The third kappa shape index (κ3) is 4.69. The van der Waals surface area contributed by atoms with Gasteiger partial charge in [-0.15, -0.1) is 0 Å². The Kier molecular flexibility index (Phi) is 5.39. The zero-order valence-electron chi connectivity index (χ0n) is 14.3. The predicted molar refractivity (Wildman–Crippen MR) is 95.5 cm³/mol. The number of nitrogens with one attached hydrogen (secondary N) is 1. The van der Waals surface area contributed by atoms with Gasteiger partial charge in [-0.1, -0.05) is 51.1 Å². The van der Waals surface area contributed by atoms with Crippen molar-refractivity contribution in [3.05, 3.63) is 65.2 Å². The third-order valence-corrected chi connectivity index (χ3v) is 3.82. The maximum Gasteiger partial charge on any atom is 0.303 e. The molecular formula is C20H23NO3. The minimum Gasteiger partial charge on any atom is -0.481 e. The molecule has 24 heavy (non-hydrogen) atoms. The third-order valence-electron chi connectivity index (χ3n) is 3.82. The molecule has 4 heteroatoms. The van der Waals surface area contributed by atoms with Crippen molar-refractivity contribution in [2.75, 3.05) is 5.32 Å². The van der Waals surface area contributed by atoms with Crippen molar-refractivity contribution in [1.82, 2.24) is 0 Å². The smallest absolute Gasteiger partial charge is 0.303 e. The average molecular weight is 325 g/mol. The monoisotopic (exact) mass is 325 g/mol. The molecule has 2 aromatic rings. The van der Waals surface area contributed by atoms with Crippen LogP contribution < -0.4 is 5.32 Å². The van der Waals surface area contributed by atoms with Crippen LogP contribution in [0.1, 0.15) is 48.7 Å². The first-order chi connectivity index (χ1) is 11.3. The fraction of sp³-hybridized carbons (Fsp3) is 0.300. The first-order valence-electron chi connectivity index (χ1n) is 7.99. The van der Waals surface area contributed by atoms with E-state index in [4.69, 9.17) is 5.11 Å². The van der Waals surface area contributed by atoms with Gasteiger partial charge in [-0.2, -0.15) is 0 Å². The molecule has 0 heterocycles. The lowest BCUT2D eigenvalue weighted by atomic mass is 9.83. The molecule has 0 atom stereocenters. The van der Waals surface area contributed by atoms with E-state index in [9.17, 15) is 9.59 Å². The van der Waals surface area contributed by atoms with Crippen LogP contribution in [-0.2, 0) is 16.6 Å². The number of benzene rings is 2. The molecule has 0 saturated carbocycles. The van der Waals surface area contributed by atoms with Gasteiger partial charge in [0.25, 0.3) is 5.91 Å². The second-order valence-electron chi connectivity index (χ2n) is 6.84. The molecule has 0 bridgehead atoms. The molecule has 0 saturated heterocycles. The van der Waals surface area contributed by atoms with Gasteiger partial charge in [0.2, 0.25) is 0 Å². The van der Waals surface area contributed by atoms with Crippen molar-refractivity contribution in [3.63, 3.8) is 0 Å². The summed E-state index contributed by atoms with van der Waals surface area (Å²) in [4.78, 5) is 23.2. The molecule has 0 aliphatic rings. The van der Waals surface area contributed by atoms with E-state index < -0.39 is 5.97 Å². The van der Waals surface area contributed by atoms with E-state index in [1.807, 2.05) is 36.4 Å². The molecule has 2 rings (SSSR count). The van der Waals surface area contributed by atoms with E-state index in [-0.39, 0.29) is 17.7 Å². The van der Waals surface area contributed by atoms with Gasteiger partial charge in [-0.3, -0.25) is 9.59 Å². The van der Waals surface area contributed by atoms with Crippen molar-refractivity contribution in [2.45, 2.75) is 39.0 Å². The molecule has 0 radical (unpaired) electrons. The summed E-state index contributed by atoms with van der Waals surface area (Å²) < 4.78 is 0. The first-order valence-corrected chi connectivity index (χ1v) is 7.99. The van der Waals surface area contributed by atoms with E-state index in [2.05, 4.69) is 26.1 Å². The molecule has 0 spiro atoms. The number of carbonyl (C=O) groups is 2. The molecular weight excluding hydrogens is 302 g/mol. The number of aliphatic carboxylic acids is 1. The maximum atomic E-state index is 12.6. The van der Waals surface area contributed by atoms with Gasteiger partial charge in [0, 0.05) is 17.7 Å². The van der Waals surface area contributed by atoms with Crippen molar-refractivity contribution in [3.8, 4) is 0 Å². The second-order valence-corrected chi connectivity index (χ2v) is 6.84. The van der Waals surface area contributed by atoms with Crippen molar-refractivity contribution < 1.29 is 14.7 Å². The van der Waals surface area contributed by atoms with Crippen LogP contribution >= 0.6 is 0 Å². The Hall–Kier alpha value is -2.62. The number of aryl methyl sites for hydroxylation is 1. The second kappa shape index (κ2) is 7.30. The van der Waals surface area contributed by atoms with Gasteiger partial charge >= 0.3 is 5.97 Å². The summed E-state index contributed by atoms with van der Waals surface area (Å²) in [5.74, 6) is -0.954. The van der Waals surface area contributed by atoms with E-state index in [0.29, 0.717) is 17.7 Å². The number of rotatable bonds is 5. The minimum absolute atomic E-state index is 0.102. The van der Waals surface area contributed by atoms with Gasteiger partial charge in [-0.25, -0.2) is 0 Å². The Morgan fingerprint density at radius 2 is 1.62 bits per heavy atom. The molecule has 126 valence electrons. The Morgan fingerprint density at radius 3 is 2.21 bits per heavy atom. The normalized spacial score (nSPS) is 11.1. The van der Waals surface area contributed by atoms with E-state index in [1.165, 1.54) is 0 Å². The maximum absolute atomic E-state index is 12.6. The van der Waals surface area contributed by atoms with Crippen molar-refractivity contribution >= 4 is 17.6 Å². The molecule has 0 unspecified atom stereocenters. The number of carboxylic acids is 1. The lowest BCUT2D eigenvalue weighted by Crippen LogP contribution is -2.20. The molecule has 0 aliphatic heterocycles. The lowest BCUT2D eigenvalue weighted by Gasteiger charge is -2.22. The fourth-order valence-corrected chi connectivity index (χ4v) is 2.54. The van der Waals surface area contributed by atoms with Gasteiger partial charge < -0.3 is 10.4 Å². The molecule has 0 aliphatic carbocycles. The van der Waals surface area contributed by atoms with Gasteiger partial charge in [0.15, 0.2) is 0 Å². The Morgan fingerprint density at radius 1 is 1.00 bits per heavy atom. The van der Waals surface area contributed by atoms with Crippen LogP contribution in [-0.4, -0.2) is 17.0 Å². The topological polar surface area (TPSA) is 66.4 Å². The van der Waals surface area contributed by atoms with Crippen LogP contribution in [0.2, 0.25) is 0 Å². The molecule has 4 nitrogen and oxygen atoms in total. The summed E-state index contributed by atoms with van der Waals surface area (Å²) in [5.41, 5.74) is 3.18. The van der Waals surface area contributed by atoms with E-state index in [1.54, 1.807) is 12.1 Å². The zero-order chi connectivity index (χ0) is 17.7. The number of carbonyl (C=O) groups excluding carboxylic acids is 1. The highest BCUT2D eigenvalue weighted by atomic mass is 16.4. The Balaban J connectivity index is 2.12. The summed E-state index contributed by atoms with van der Waals surface area (Å²) in [6.45, 7) is 6.24. The Labute approximate surface area is 142 Å².